The molecule has 0 saturated carbocycles. The molecule has 0 saturated heterocycles. The fourth-order valence-corrected chi connectivity index (χ4v) is 2.39. The predicted molar refractivity (Wildman–Crippen MR) is 93.8 cm³/mol. The average Bonchev–Trinajstić information content (AvgIpc) is 2.99. The van der Waals surface area contributed by atoms with E-state index in [0.29, 0.717) is 5.95 Å². The number of anilines is 1. The molecule has 3 aromatic rings. The highest BCUT2D eigenvalue weighted by Crippen LogP contribution is 2.24. The molecule has 0 aliphatic heterocycles. The van der Waals surface area contributed by atoms with Crippen LogP contribution in [0.5, 0.6) is 0 Å². The first-order chi connectivity index (χ1) is 11.3. The Hall–Kier alpha value is -2.76. The summed E-state index contributed by atoms with van der Waals surface area (Å²) in [6.07, 6.45) is 7.34. The minimum absolute atomic E-state index is 0.157. The van der Waals surface area contributed by atoms with E-state index < -0.39 is 5.67 Å². The average molecular weight is 325 g/mol. The van der Waals surface area contributed by atoms with Crippen molar-refractivity contribution in [2.24, 2.45) is 0 Å². The van der Waals surface area contributed by atoms with Gasteiger partial charge < -0.3 is 9.72 Å². The number of nitrogens with one attached hydrogen (secondary N) is 1. The molecule has 0 bridgehead atoms. The normalized spacial score (nSPS) is 11.7. The number of hydrogen-bond donors (Lipinski definition) is 1. The van der Waals surface area contributed by atoms with Crippen molar-refractivity contribution >= 4 is 17.2 Å². The van der Waals surface area contributed by atoms with Gasteiger partial charge in [0.2, 0.25) is 5.95 Å². The van der Waals surface area contributed by atoms with Crippen LogP contribution in [0.4, 0.5) is 10.3 Å². The molecule has 1 N–H and O–H groups in total. The SMILES string of the molecule is C=C(c1ccc2nccn2c1)c1cnc(NCC(C)(C)F)nc1C. The number of alkyl halides is 1. The highest BCUT2D eigenvalue weighted by molar-refractivity contribution is 5.79. The van der Waals surface area contributed by atoms with Crippen molar-refractivity contribution in [3.63, 3.8) is 0 Å². The van der Waals surface area contributed by atoms with E-state index in [-0.39, 0.29) is 6.54 Å². The van der Waals surface area contributed by atoms with Gasteiger partial charge >= 0.3 is 0 Å². The number of aromatic nitrogens is 4. The number of fused-ring (bicyclic) bond motifs is 1. The zero-order valence-corrected chi connectivity index (χ0v) is 14.0. The van der Waals surface area contributed by atoms with Gasteiger partial charge in [0.25, 0.3) is 0 Å². The first kappa shape index (κ1) is 16.1. The van der Waals surface area contributed by atoms with Crippen molar-refractivity contribution < 1.29 is 4.39 Å². The molecule has 24 heavy (non-hydrogen) atoms. The van der Waals surface area contributed by atoms with E-state index in [2.05, 4.69) is 26.8 Å². The summed E-state index contributed by atoms with van der Waals surface area (Å²) in [5.74, 6) is 0.417. The van der Waals surface area contributed by atoms with E-state index in [1.54, 1.807) is 12.4 Å². The fraction of sp³-hybridized carbons (Fsp3) is 0.278. The molecular formula is C18H20FN5. The Morgan fingerprint density at radius 3 is 2.83 bits per heavy atom. The van der Waals surface area contributed by atoms with Crippen LogP contribution in [-0.2, 0) is 0 Å². The molecule has 124 valence electrons. The Morgan fingerprint density at radius 2 is 2.12 bits per heavy atom. The van der Waals surface area contributed by atoms with Gasteiger partial charge in [-0.2, -0.15) is 0 Å². The third kappa shape index (κ3) is 3.42. The zero-order chi connectivity index (χ0) is 17.3. The summed E-state index contributed by atoms with van der Waals surface area (Å²) in [6, 6.07) is 3.91. The second kappa shape index (κ2) is 6.03. The van der Waals surface area contributed by atoms with Gasteiger partial charge in [-0.05, 0) is 44.0 Å². The Morgan fingerprint density at radius 1 is 1.33 bits per heavy atom. The Labute approximate surface area is 140 Å². The van der Waals surface area contributed by atoms with E-state index >= 15 is 0 Å². The molecule has 6 heteroatoms. The van der Waals surface area contributed by atoms with E-state index in [4.69, 9.17) is 0 Å². The molecule has 0 amide bonds. The van der Waals surface area contributed by atoms with Crippen LogP contribution in [0.15, 0.2) is 43.5 Å². The molecular weight excluding hydrogens is 305 g/mol. The summed E-state index contributed by atoms with van der Waals surface area (Å²) in [7, 11) is 0. The van der Waals surface area contributed by atoms with Crippen LogP contribution >= 0.6 is 0 Å². The third-order valence-electron chi connectivity index (χ3n) is 3.71. The van der Waals surface area contributed by atoms with E-state index in [9.17, 15) is 4.39 Å². The maximum absolute atomic E-state index is 13.6. The van der Waals surface area contributed by atoms with Crippen LogP contribution in [0.1, 0.15) is 30.7 Å². The molecule has 0 atom stereocenters. The number of nitrogens with zero attached hydrogens (tertiary/aromatic N) is 4. The summed E-state index contributed by atoms with van der Waals surface area (Å²) in [5, 5.41) is 2.91. The van der Waals surface area contributed by atoms with Crippen molar-refractivity contribution in [1.29, 1.82) is 0 Å². The van der Waals surface area contributed by atoms with Gasteiger partial charge in [-0.25, -0.2) is 19.3 Å². The van der Waals surface area contributed by atoms with Crippen molar-refractivity contribution in [2.45, 2.75) is 26.4 Å². The largest absolute Gasteiger partial charge is 0.351 e. The summed E-state index contributed by atoms with van der Waals surface area (Å²) in [4.78, 5) is 12.9. The lowest BCUT2D eigenvalue weighted by Crippen LogP contribution is -2.25. The van der Waals surface area contributed by atoms with Crippen molar-refractivity contribution in [2.75, 3.05) is 11.9 Å². The second-order valence-electron chi connectivity index (χ2n) is 6.35. The monoisotopic (exact) mass is 325 g/mol. The molecule has 0 spiro atoms. The zero-order valence-electron chi connectivity index (χ0n) is 14.0. The summed E-state index contributed by atoms with van der Waals surface area (Å²) < 4.78 is 15.5. The molecule has 3 rings (SSSR count). The standard InChI is InChI=1S/C18H20FN5/c1-12(14-5-6-16-20-7-8-24(16)10-14)15-9-21-17(23-13(15)2)22-11-18(3,4)19/h5-10H,1,11H2,2-4H3,(H,21,22,23). The first-order valence-electron chi connectivity index (χ1n) is 7.72. The predicted octanol–water partition coefficient (Wildman–Crippen LogP) is 3.65. The second-order valence-corrected chi connectivity index (χ2v) is 6.35. The molecule has 0 unspecified atom stereocenters. The maximum atomic E-state index is 13.6. The van der Waals surface area contributed by atoms with Crippen LogP contribution < -0.4 is 5.32 Å². The highest BCUT2D eigenvalue weighted by Gasteiger charge is 2.16. The summed E-state index contributed by atoms with van der Waals surface area (Å²) >= 11 is 0. The molecule has 0 radical (unpaired) electrons. The summed E-state index contributed by atoms with van der Waals surface area (Å²) in [6.45, 7) is 9.24. The smallest absolute Gasteiger partial charge is 0.222 e. The van der Waals surface area contributed by atoms with Crippen molar-refractivity contribution in [3.05, 3.63) is 60.3 Å². The molecule has 0 aromatic carbocycles. The summed E-state index contributed by atoms with van der Waals surface area (Å²) in [5.41, 5.74) is 3.02. The number of imidazole rings is 1. The molecule has 5 nitrogen and oxygen atoms in total. The van der Waals surface area contributed by atoms with Crippen LogP contribution in [-0.4, -0.2) is 31.6 Å². The van der Waals surface area contributed by atoms with Crippen LogP contribution in [0.25, 0.3) is 11.2 Å². The molecule has 0 aliphatic rings. The van der Waals surface area contributed by atoms with Gasteiger partial charge in [-0.15, -0.1) is 0 Å². The van der Waals surface area contributed by atoms with E-state index in [0.717, 1.165) is 28.0 Å². The number of hydrogen-bond acceptors (Lipinski definition) is 4. The minimum Gasteiger partial charge on any atom is -0.351 e. The van der Waals surface area contributed by atoms with Gasteiger partial charge in [-0.1, -0.05) is 6.58 Å². The molecule has 3 aromatic heterocycles. The lowest BCUT2D eigenvalue weighted by molar-refractivity contribution is 0.234. The van der Waals surface area contributed by atoms with Crippen molar-refractivity contribution in [1.82, 2.24) is 19.4 Å². The number of halogens is 1. The maximum Gasteiger partial charge on any atom is 0.222 e. The Bertz CT molecular complexity index is 892. The van der Waals surface area contributed by atoms with Crippen molar-refractivity contribution in [3.8, 4) is 0 Å². The van der Waals surface area contributed by atoms with Gasteiger partial charge in [0.1, 0.15) is 11.3 Å². The Kier molecular flexibility index (Phi) is 4.05. The first-order valence-corrected chi connectivity index (χ1v) is 7.72. The number of aryl methyl sites for hydroxylation is 1. The van der Waals surface area contributed by atoms with Crippen LogP contribution in [0, 0.1) is 6.92 Å². The van der Waals surface area contributed by atoms with Gasteiger partial charge in [-0.3, -0.25) is 0 Å². The van der Waals surface area contributed by atoms with Crippen LogP contribution in [0.2, 0.25) is 0 Å². The quantitative estimate of drug-likeness (QED) is 0.778. The van der Waals surface area contributed by atoms with Gasteiger partial charge in [0, 0.05) is 30.4 Å². The van der Waals surface area contributed by atoms with E-state index in [1.165, 1.54) is 13.8 Å². The Balaban J connectivity index is 1.84. The highest BCUT2D eigenvalue weighted by atomic mass is 19.1. The minimum atomic E-state index is -1.32. The van der Waals surface area contributed by atoms with Gasteiger partial charge in [0.05, 0.1) is 12.2 Å². The van der Waals surface area contributed by atoms with E-state index in [1.807, 2.05) is 35.9 Å². The molecule has 3 heterocycles. The lowest BCUT2D eigenvalue weighted by Gasteiger charge is -2.16. The molecule has 0 fully saturated rings. The lowest BCUT2D eigenvalue weighted by atomic mass is 10.0. The van der Waals surface area contributed by atoms with Gasteiger partial charge in [0.15, 0.2) is 0 Å². The third-order valence-corrected chi connectivity index (χ3v) is 3.71. The fourth-order valence-electron chi connectivity index (χ4n) is 2.39. The number of rotatable bonds is 5. The number of pyridine rings is 1. The topological polar surface area (TPSA) is 55.1 Å². The molecule has 0 aliphatic carbocycles. The van der Waals surface area contributed by atoms with Crippen LogP contribution in [0.3, 0.4) is 0 Å².